The van der Waals surface area contributed by atoms with E-state index in [1.807, 2.05) is 6.07 Å². The quantitative estimate of drug-likeness (QED) is 0.523. The van der Waals surface area contributed by atoms with E-state index in [9.17, 15) is 13.9 Å². The molecule has 0 radical (unpaired) electrons. The van der Waals surface area contributed by atoms with E-state index in [-0.39, 0.29) is 12.1 Å². The number of H-pyrrole nitrogens is 1. The lowest BCUT2D eigenvalue weighted by molar-refractivity contribution is -0.0123. The van der Waals surface area contributed by atoms with Gasteiger partial charge in [-0.05, 0) is 12.1 Å². The van der Waals surface area contributed by atoms with Gasteiger partial charge in [-0.3, -0.25) is 10.1 Å². The molecule has 2 atom stereocenters. The van der Waals surface area contributed by atoms with Crippen LogP contribution in [-0.4, -0.2) is 35.1 Å². The number of halogens is 2. The molecule has 29 heavy (non-hydrogen) atoms. The van der Waals surface area contributed by atoms with E-state index in [1.165, 1.54) is 23.4 Å². The van der Waals surface area contributed by atoms with Crippen molar-refractivity contribution in [3.63, 3.8) is 0 Å². The zero-order valence-corrected chi connectivity index (χ0v) is 15.5. The van der Waals surface area contributed by atoms with Gasteiger partial charge >= 0.3 is 0 Å². The summed E-state index contributed by atoms with van der Waals surface area (Å²) in [5.74, 6) is -2.19. The molecule has 0 aliphatic carbocycles. The van der Waals surface area contributed by atoms with Crippen LogP contribution < -0.4 is 0 Å². The normalized spacial score (nSPS) is 14.5. The molecule has 148 valence electrons. The van der Waals surface area contributed by atoms with Crippen LogP contribution in [0.4, 0.5) is 8.78 Å². The average molecular weight is 396 g/mol. The molecule has 2 unspecified atom stereocenters. The van der Waals surface area contributed by atoms with Crippen LogP contribution in [0.3, 0.4) is 0 Å². The van der Waals surface area contributed by atoms with Crippen molar-refractivity contribution in [3.05, 3.63) is 84.5 Å². The Kier molecular flexibility index (Phi) is 4.89. The average Bonchev–Trinajstić information content (AvgIpc) is 3.41. The Bertz CT molecular complexity index is 1080. The summed E-state index contributed by atoms with van der Waals surface area (Å²) in [6.07, 6.45) is 7.83. The van der Waals surface area contributed by atoms with Crippen LogP contribution in [0, 0.1) is 11.6 Å². The summed E-state index contributed by atoms with van der Waals surface area (Å²) >= 11 is 0. The molecule has 1 aromatic carbocycles. The topological polar surface area (TPSA) is 92.5 Å². The molecule has 0 aliphatic rings. The van der Waals surface area contributed by atoms with Crippen LogP contribution in [0.1, 0.15) is 24.1 Å². The van der Waals surface area contributed by atoms with Gasteiger partial charge in [0.05, 0.1) is 12.7 Å². The van der Waals surface area contributed by atoms with Gasteiger partial charge in [0.1, 0.15) is 29.9 Å². The lowest BCUT2D eigenvalue weighted by atomic mass is 9.79. The van der Waals surface area contributed by atoms with Gasteiger partial charge in [0, 0.05) is 46.8 Å². The molecular formula is C20H18F2N6O. The van der Waals surface area contributed by atoms with Gasteiger partial charge in [-0.25, -0.2) is 18.4 Å². The van der Waals surface area contributed by atoms with Gasteiger partial charge < -0.3 is 5.11 Å². The third kappa shape index (κ3) is 3.64. The van der Waals surface area contributed by atoms with Crippen LogP contribution in [0.2, 0.25) is 0 Å². The lowest BCUT2D eigenvalue weighted by Crippen LogP contribution is -2.38. The number of nitrogens with one attached hydrogen (secondary N) is 1. The second kappa shape index (κ2) is 7.51. The Labute approximate surface area is 165 Å². The van der Waals surface area contributed by atoms with Crippen molar-refractivity contribution in [3.8, 4) is 11.1 Å². The highest BCUT2D eigenvalue weighted by Gasteiger charge is 2.40. The number of benzene rings is 1. The maximum atomic E-state index is 14.6. The van der Waals surface area contributed by atoms with Crippen LogP contribution in [0.15, 0.2) is 61.6 Å². The Hall–Kier alpha value is -3.46. The number of aromatic amines is 1. The minimum atomic E-state index is -1.74. The largest absolute Gasteiger partial charge is 0.382 e. The molecule has 4 rings (SSSR count). The monoisotopic (exact) mass is 396 g/mol. The Morgan fingerprint density at radius 1 is 1.17 bits per heavy atom. The molecule has 0 aliphatic heterocycles. The van der Waals surface area contributed by atoms with Crippen molar-refractivity contribution < 1.29 is 13.9 Å². The number of hydrogen-bond donors (Lipinski definition) is 2. The van der Waals surface area contributed by atoms with E-state index in [0.717, 1.165) is 23.3 Å². The first-order valence-electron chi connectivity index (χ1n) is 8.93. The first-order valence-corrected chi connectivity index (χ1v) is 8.93. The zero-order valence-electron chi connectivity index (χ0n) is 15.5. The van der Waals surface area contributed by atoms with E-state index >= 15 is 0 Å². The Balaban J connectivity index is 1.74. The van der Waals surface area contributed by atoms with Crippen molar-refractivity contribution in [2.24, 2.45) is 0 Å². The molecule has 3 heterocycles. The maximum absolute atomic E-state index is 14.6. The molecule has 0 saturated carbocycles. The zero-order chi connectivity index (χ0) is 20.4. The molecule has 3 aromatic heterocycles. The summed E-state index contributed by atoms with van der Waals surface area (Å²) in [7, 11) is 0. The van der Waals surface area contributed by atoms with Crippen LogP contribution in [0.25, 0.3) is 11.1 Å². The van der Waals surface area contributed by atoms with E-state index in [2.05, 4.69) is 25.3 Å². The van der Waals surface area contributed by atoms with Crippen molar-refractivity contribution in [1.29, 1.82) is 0 Å². The number of nitrogens with zero attached hydrogens (tertiary/aromatic N) is 5. The molecule has 0 spiro atoms. The van der Waals surface area contributed by atoms with Gasteiger partial charge in [0.2, 0.25) is 0 Å². The molecule has 0 amide bonds. The highest BCUT2D eigenvalue weighted by Crippen LogP contribution is 2.39. The number of rotatable bonds is 6. The van der Waals surface area contributed by atoms with Crippen molar-refractivity contribution in [2.75, 3.05) is 0 Å². The summed E-state index contributed by atoms with van der Waals surface area (Å²) in [4.78, 5) is 8.33. The Morgan fingerprint density at radius 2 is 2.03 bits per heavy atom. The molecule has 7 nitrogen and oxygen atoms in total. The van der Waals surface area contributed by atoms with Gasteiger partial charge in [-0.2, -0.15) is 10.2 Å². The summed E-state index contributed by atoms with van der Waals surface area (Å²) in [5, 5.41) is 22.3. The summed E-state index contributed by atoms with van der Waals surface area (Å²) in [6.45, 7) is 1.65. The number of pyridine rings is 1. The van der Waals surface area contributed by atoms with Crippen molar-refractivity contribution in [1.82, 2.24) is 29.9 Å². The predicted octanol–water partition coefficient (Wildman–Crippen LogP) is 3.03. The standard InChI is InChI=1S/C20H18F2N6O/c1-13(19-5-2-14(7-24-19)15-8-25-26-9-15)20(29,10-28-12-23-11-27-28)17-4-3-16(21)6-18(17)22/h2-9,11-13,29H,10H2,1H3,(H,25,26). The molecule has 2 N–H and O–H groups in total. The highest BCUT2D eigenvalue weighted by molar-refractivity contribution is 5.60. The van der Waals surface area contributed by atoms with Crippen molar-refractivity contribution >= 4 is 0 Å². The number of aromatic nitrogens is 6. The maximum Gasteiger partial charge on any atom is 0.137 e. The molecule has 4 aromatic rings. The second-order valence-electron chi connectivity index (χ2n) is 6.82. The second-order valence-corrected chi connectivity index (χ2v) is 6.82. The highest BCUT2D eigenvalue weighted by atomic mass is 19.1. The van der Waals surface area contributed by atoms with E-state index in [1.54, 1.807) is 31.6 Å². The van der Waals surface area contributed by atoms with Crippen LogP contribution in [-0.2, 0) is 12.1 Å². The van der Waals surface area contributed by atoms with Gasteiger partial charge in [-0.15, -0.1) is 0 Å². The van der Waals surface area contributed by atoms with E-state index < -0.39 is 23.2 Å². The van der Waals surface area contributed by atoms with E-state index in [4.69, 9.17) is 0 Å². The molecule has 0 bridgehead atoms. The third-order valence-corrected chi connectivity index (χ3v) is 5.05. The predicted molar refractivity (Wildman–Crippen MR) is 101 cm³/mol. The first kappa shape index (κ1) is 18.9. The van der Waals surface area contributed by atoms with Gasteiger partial charge in [-0.1, -0.05) is 19.1 Å². The van der Waals surface area contributed by atoms with Crippen LogP contribution >= 0.6 is 0 Å². The molecular weight excluding hydrogens is 378 g/mol. The lowest BCUT2D eigenvalue weighted by Gasteiger charge is -2.34. The van der Waals surface area contributed by atoms with E-state index in [0.29, 0.717) is 5.69 Å². The minimum Gasteiger partial charge on any atom is -0.382 e. The van der Waals surface area contributed by atoms with Gasteiger partial charge in [0.15, 0.2) is 0 Å². The third-order valence-electron chi connectivity index (χ3n) is 5.05. The fourth-order valence-corrected chi connectivity index (χ4v) is 3.34. The first-order chi connectivity index (χ1) is 14.0. The minimum absolute atomic E-state index is 0.0392. The number of aliphatic hydroxyl groups is 1. The molecule has 0 saturated heterocycles. The fourth-order valence-electron chi connectivity index (χ4n) is 3.34. The van der Waals surface area contributed by atoms with Crippen molar-refractivity contribution in [2.45, 2.75) is 25.0 Å². The summed E-state index contributed by atoms with van der Waals surface area (Å²) in [5.41, 5.74) is 0.489. The Morgan fingerprint density at radius 3 is 2.66 bits per heavy atom. The number of hydrogen-bond acceptors (Lipinski definition) is 5. The van der Waals surface area contributed by atoms with Gasteiger partial charge in [0.25, 0.3) is 0 Å². The fraction of sp³-hybridized carbons (Fsp3) is 0.200. The molecule has 9 heteroatoms. The van der Waals surface area contributed by atoms with Crippen LogP contribution in [0.5, 0.6) is 0 Å². The summed E-state index contributed by atoms with van der Waals surface area (Å²) in [6, 6.07) is 6.73. The summed E-state index contributed by atoms with van der Waals surface area (Å²) < 4.78 is 29.5. The smallest absolute Gasteiger partial charge is 0.137 e. The SMILES string of the molecule is CC(c1ccc(-c2cn[nH]c2)cn1)C(O)(Cn1cncn1)c1ccc(F)cc1F. The molecule has 0 fully saturated rings.